The molecule has 0 amide bonds. The summed E-state index contributed by atoms with van der Waals surface area (Å²) >= 11 is 0. The van der Waals surface area contributed by atoms with Gasteiger partial charge in [0.25, 0.3) is 0 Å². The van der Waals surface area contributed by atoms with Crippen molar-refractivity contribution in [3.63, 3.8) is 0 Å². The van der Waals surface area contributed by atoms with Crippen LogP contribution in [0.5, 0.6) is 5.75 Å². The Kier molecular flexibility index (Phi) is 7.22. The molecule has 162 valence electrons. The maximum Gasteiger partial charge on any atom is 0.229 e. The molecule has 2 saturated heterocycles. The molecule has 2 aliphatic heterocycles. The molecule has 2 heterocycles. The Balaban J connectivity index is 1.61. The van der Waals surface area contributed by atoms with Crippen LogP contribution in [0, 0.1) is 0 Å². The Morgan fingerprint density at radius 1 is 0.897 bits per heavy atom. The second-order valence-electron chi connectivity index (χ2n) is 6.99. The van der Waals surface area contributed by atoms with Crippen LogP contribution in [-0.4, -0.2) is 99.2 Å². The van der Waals surface area contributed by atoms with Crippen LogP contribution in [0.25, 0.3) is 6.08 Å². The molecule has 2 fully saturated rings. The first kappa shape index (κ1) is 22.1. The van der Waals surface area contributed by atoms with E-state index in [9.17, 15) is 30.6 Å². The zero-order chi connectivity index (χ0) is 21.1. The van der Waals surface area contributed by atoms with Crippen LogP contribution < -0.4 is 4.74 Å². The largest absolute Gasteiger partial charge is 0.462 e. The molecule has 3 rings (SSSR count). The summed E-state index contributed by atoms with van der Waals surface area (Å²) in [7, 11) is 0. The predicted molar refractivity (Wildman–Crippen MR) is 97.6 cm³/mol. The molecular formula is C19H26O10. The molecule has 0 unspecified atom stereocenters. The lowest BCUT2D eigenvalue weighted by Gasteiger charge is -2.41. The number of ether oxygens (including phenoxy) is 4. The van der Waals surface area contributed by atoms with E-state index < -0.39 is 55.3 Å². The monoisotopic (exact) mass is 414 g/mol. The van der Waals surface area contributed by atoms with E-state index in [1.807, 2.05) is 0 Å². The molecule has 0 aromatic heterocycles. The maximum atomic E-state index is 10.2. The number of aliphatic hydroxyl groups excluding tert-OH is 6. The van der Waals surface area contributed by atoms with Crippen molar-refractivity contribution in [2.75, 3.05) is 13.2 Å². The number of hydrogen-bond donors (Lipinski definition) is 6. The Morgan fingerprint density at radius 3 is 2.21 bits per heavy atom. The Labute approximate surface area is 167 Å². The van der Waals surface area contributed by atoms with Crippen molar-refractivity contribution in [3.05, 3.63) is 36.4 Å². The molecule has 10 nitrogen and oxygen atoms in total. The van der Waals surface area contributed by atoms with Gasteiger partial charge in [0.05, 0.1) is 13.2 Å². The van der Waals surface area contributed by atoms with Crippen molar-refractivity contribution in [3.8, 4) is 5.75 Å². The Bertz CT molecular complexity index is 667. The average Bonchev–Trinajstić information content (AvgIpc) is 2.73. The summed E-state index contributed by atoms with van der Waals surface area (Å²) < 4.78 is 21.6. The van der Waals surface area contributed by atoms with Gasteiger partial charge in [-0.25, -0.2) is 0 Å². The lowest BCUT2D eigenvalue weighted by Crippen LogP contribution is -2.61. The summed E-state index contributed by atoms with van der Waals surface area (Å²) in [4.78, 5) is 0. The zero-order valence-electron chi connectivity index (χ0n) is 15.5. The smallest absolute Gasteiger partial charge is 0.229 e. The molecule has 0 radical (unpaired) electrons. The van der Waals surface area contributed by atoms with E-state index in [1.165, 1.54) is 0 Å². The Hall–Kier alpha value is -1.60. The van der Waals surface area contributed by atoms with Gasteiger partial charge in [-0.1, -0.05) is 24.8 Å². The highest BCUT2D eigenvalue weighted by molar-refractivity contribution is 5.48. The SMILES string of the molecule is C=Cc1ccc(O[C@H]2O[C@H](CO[C@@H]3OC[C@H](O)[C@H](O)[C@H]3O)[C@@H](O)[C@H](O)[C@H]2O)cc1. The predicted octanol–water partition coefficient (Wildman–Crippen LogP) is -2.03. The van der Waals surface area contributed by atoms with Crippen molar-refractivity contribution < 1.29 is 49.6 Å². The van der Waals surface area contributed by atoms with Crippen molar-refractivity contribution in [1.82, 2.24) is 0 Å². The highest BCUT2D eigenvalue weighted by Crippen LogP contribution is 2.26. The minimum atomic E-state index is -1.57. The average molecular weight is 414 g/mol. The van der Waals surface area contributed by atoms with Crippen molar-refractivity contribution in [2.45, 2.75) is 55.3 Å². The molecule has 0 bridgehead atoms. The van der Waals surface area contributed by atoms with Gasteiger partial charge in [-0.15, -0.1) is 0 Å². The summed E-state index contributed by atoms with van der Waals surface area (Å²) in [6.07, 6.45) is -10.8. The molecule has 1 aromatic rings. The van der Waals surface area contributed by atoms with Gasteiger partial charge in [-0.2, -0.15) is 0 Å². The van der Waals surface area contributed by atoms with Crippen LogP contribution in [-0.2, 0) is 14.2 Å². The normalized spacial score (nSPS) is 40.4. The van der Waals surface area contributed by atoms with Crippen LogP contribution in [0.3, 0.4) is 0 Å². The maximum absolute atomic E-state index is 10.2. The van der Waals surface area contributed by atoms with E-state index in [-0.39, 0.29) is 13.2 Å². The number of hydrogen-bond acceptors (Lipinski definition) is 10. The molecule has 29 heavy (non-hydrogen) atoms. The summed E-state index contributed by atoms with van der Waals surface area (Å²) in [6.45, 7) is 3.06. The fourth-order valence-electron chi connectivity index (χ4n) is 3.08. The first-order chi connectivity index (χ1) is 13.8. The van der Waals surface area contributed by atoms with Gasteiger partial charge in [0.2, 0.25) is 6.29 Å². The Morgan fingerprint density at radius 2 is 1.55 bits per heavy atom. The third-order valence-electron chi connectivity index (χ3n) is 4.92. The molecule has 0 saturated carbocycles. The second-order valence-corrected chi connectivity index (χ2v) is 6.99. The first-order valence-electron chi connectivity index (χ1n) is 9.18. The molecule has 10 heteroatoms. The van der Waals surface area contributed by atoms with E-state index in [0.29, 0.717) is 5.75 Å². The fraction of sp³-hybridized carbons (Fsp3) is 0.579. The van der Waals surface area contributed by atoms with E-state index in [1.54, 1.807) is 30.3 Å². The zero-order valence-corrected chi connectivity index (χ0v) is 15.5. The van der Waals surface area contributed by atoms with Crippen LogP contribution >= 0.6 is 0 Å². The quantitative estimate of drug-likeness (QED) is 0.307. The van der Waals surface area contributed by atoms with E-state index >= 15 is 0 Å². The molecule has 2 aliphatic rings. The third kappa shape index (κ3) is 4.94. The molecular weight excluding hydrogens is 388 g/mol. The number of aliphatic hydroxyl groups is 6. The highest BCUT2D eigenvalue weighted by Gasteiger charge is 2.46. The summed E-state index contributed by atoms with van der Waals surface area (Å²) in [5.41, 5.74) is 0.863. The van der Waals surface area contributed by atoms with Crippen molar-refractivity contribution >= 4 is 6.08 Å². The van der Waals surface area contributed by atoms with E-state index in [2.05, 4.69) is 6.58 Å². The first-order valence-corrected chi connectivity index (χ1v) is 9.18. The van der Waals surface area contributed by atoms with Crippen LogP contribution in [0.2, 0.25) is 0 Å². The van der Waals surface area contributed by atoms with Crippen LogP contribution in [0.15, 0.2) is 30.8 Å². The standard InChI is InChI=1S/C19H26O10/c1-2-9-3-5-10(6-4-9)28-19-17(25)15(23)14(22)12(29-19)8-27-18-16(24)13(21)11(20)7-26-18/h2-6,11-25H,1,7-8H2/t11-,12+,13-,14+,15-,16+,17+,18-,19-/m0/s1. The van der Waals surface area contributed by atoms with Gasteiger partial charge < -0.3 is 49.6 Å². The molecule has 0 spiro atoms. The van der Waals surface area contributed by atoms with Crippen LogP contribution in [0.4, 0.5) is 0 Å². The van der Waals surface area contributed by atoms with Gasteiger partial charge in [-0.05, 0) is 17.7 Å². The number of rotatable bonds is 6. The van der Waals surface area contributed by atoms with Crippen molar-refractivity contribution in [1.29, 1.82) is 0 Å². The minimum Gasteiger partial charge on any atom is -0.462 e. The van der Waals surface area contributed by atoms with Gasteiger partial charge in [0.1, 0.15) is 48.5 Å². The second kappa shape index (κ2) is 9.47. The van der Waals surface area contributed by atoms with Crippen LogP contribution in [0.1, 0.15) is 5.56 Å². The summed E-state index contributed by atoms with van der Waals surface area (Å²) in [5.74, 6) is 0.367. The highest BCUT2D eigenvalue weighted by atomic mass is 16.7. The molecule has 6 N–H and O–H groups in total. The van der Waals surface area contributed by atoms with Crippen molar-refractivity contribution in [2.24, 2.45) is 0 Å². The van der Waals surface area contributed by atoms with E-state index in [4.69, 9.17) is 18.9 Å². The van der Waals surface area contributed by atoms with Gasteiger partial charge in [0.15, 0.2) is 6.29 Å². The van der Waals surface area contributed by atoms with Gasteiger partial charge >= 0.3 is 0 Å². The topological polar surface area (TPSA) is 158 Å². The molecule has 1 aromatic carbocycles. The lowest BCUT2D eigenvalue weighted by atomic mass is 9.99. The lowest BCUT2D eigenvalue weighted by molar-refractivity contribution is -0.307. The third-order valence-corrected chi connectivity index (χ3v) is 4.92. The van der Waals surface area contributed by atoms with Gasteiger partial charge in [0, 0.05) is 0 Å². The van der Waals surface area contributed by atoms with E-state index in [0.717, 1.165) is 5.56 Å². The summed E-state index contributed by atoms with van der Waals surface area (Å²) in [5, 5.41) is 59.5. The summed E-state index contributed by atoms with van der Waals surface area (Å²) in [6, 6.07) is 6.75. The molecule has 9 atom stereocenters. The minimum absolute atomic E-state index is 0.245. The fourth-order valence-corrected chi connectivity index (χ4v) is 3.08. The number of benzene rings is 1. The molecule has 0 aliphatic carbocycles. The van der Waals surface area contributed by atoms with Gasteiger partial charge in [-0.3, -0.25) is 0 Å².